The summed E-state index contributed by atoms with van der Waals surface area (Å²) in [5.74, 6) is 0.655. The number of benzene rings is 1. The van der Waals surface area contributed by atoms with Crippen molar-refractivity contribution < 1.29 is 8.42 Å². The number of hydrogen-bond acceptors (Lipinski definition) is 3. The topological polar surface area (TPSA) is 98.4 Å². The molecule has 1 heterocycles. The molecule has 2 rings (SSSR count). The van der Waals surface area contributed by atoms with Crippen LogP contribution in [0.4, 0.5) is 0 Å². The van der Waals surface area contributed by atoms with Gasteiger partial charge in [0.05, 0.1) is 6.26 Å². The smallest absolute Gasteiger partial charge is 0.208 e. The van der Waals surface area contributed by atoms with Crippen molar-refractivity contribution in [2.24, 2.45) is 4.99 Å². The minimum absolute atomic E-state index is 0. The lowest BCUT2D eigenvalue weighted by Gasteiger charge is -2.12. The van der Waals surface area contributed by atoms with E-state index in [4.69, 9.17) is 0 Å². The number of halogens is 1. The van der Waals surface area contributed by atoms with Crippen LogP contribution in [0.25, 0.3) is 10.9 Å². The summed E-state index contributed by atoms with van der Waals surface area (Å²) >= 11 is 0. The number of aromatic amines is 1. The molecule has 9 heteroatoms. The molecule has 0 aliphatic heterocycles. The third-order valence-electron chi connectivity index (χ3n) is 3.69. The maximum absolute atomic E-state index is 11.0. The van der Waals surface area contributed by atoms with Gasteiger partial charge in [0.2, 0.25) is 10.0 Å². The van der Waals surface area contributed by atoms with Gasteiger partial charge in [-0.3, -0.25) is 4.99 Å². The van der Waals surface area contributed by atoms with E-state index in [0.717, 1.165) is 24.7 Å². The Morgan fingerprint density at radius 2 is 1.92 bits per heavy atom. The summed E-state index contributed by atoms with van der Waals surface area (Å²) in [5.41, 5.74) is 3.68. The number of hydrogen-bond donors (Lipinski definition) is 4. The van der Waals surface area contributed by atoms with Gasteiger partial charge in [-0.05, 0) is 30.5 Å². The van der Waals surface area contributed by atoms with E-state index < -0.39 is 10.0 Å². The number of guanidine groups is 1. The van der Waals surface area contributed by atoms with Gasteiger partial charge in [-0.2, -0.15) is 0 Å². The molecule has 0 unspecified atom stereocenters. The SMILES string of the molecule is CN=C(NCCNS(C)(=O)=O)NCCc1c[nH]c2cccc(C)c12.I. The van der Waals surface area contributed by atoms with Gasteiger partial charge in [0, 0.05) is 43.8 Å². The number of fused-ring (bicyclic) bond motifs is 1. The van der Waals surface area contributed by atoms with Crippen LogP contribution in [0.2, 0.25) is 0 Å². The van der Waals surface area contributed by atoms with E-state index >= 15 is 0 Å². The van der Waals surface area contributed by atoms with Crippen molar-refractivity contribution in [3.05, 3.63) is 35.5 Å². The zero-order chi connectivity index (χ0) is 17.6. The number of aromatic nitrogens is 1. The van der Waals surface area contributed by atoms with Gasteiger partial charge in [-0.1, -0.05) is 12.1 Å². The first-order chi connectivity index (χ1) is 11.4. The van der Waals surface area contributed by atoms with Gasteiger partial charge in [-0.25, -0.2) is 13.1 Å². The minimum atomic E-state index is -3.15. The first-order valence-corrected chi connectivity index (χ1v) is 9.74. The fraction of sp³-hybridized carbons (Fsp3) is 0.438. The number of nitrogens with one attached hydrogen (secondary N) is 4. The van der Waals surface area contributed by atoms with Crippen LogP contribution in [0.3, 0.4) is 0 Å². The number of H-pyrrole nitrogens is 1. The molecule has 4 N–H and O–H groups in total. The number of aliphatic imine (C=N–C) groups is 1. The lowest BCUT2D eigenvalue weighted by atomic mass is 10.1. The second kappa shape index (κ2) is 9.97. The molecule has 0 amide bonds. The normalized spacial score (nSPS) is 12.0. The van der Waals surface area contributed by atoms with Crippen LogP contribution in [0, 0.1) is 6.92 Å². The highest BCUT2D eigenvalue weighted by Crippen LogP contribution is 2.22. The summed E-state index contributed by atoms with van der Waals surface area (Å²) in [5, 5.41) is 7.59. The van der Waals surface area contributed by atoms with Crippen molar-refractivity contribution in [2.45, 2.75) is 13.3 Å². The first kappa shape index (κ1) is 21.7. The van der Waals surface area contributed by atoms with Crippen molar-refractivity contribution in [1.82, 2.24) is 20.3 Å². The number of rotatable bonds is 7. The van der Waals surface area contributed by atoms with E-state index in [0.29, 0.717) is 19.0 Å². The van der Waals surface area contributed by atoms with E-state index in [-0.39, 0.29) is 24.0 Å². The summed E-state index contributed by atoms with van der Waals surface area (Å²) in [6.45, 7) is 3.64. The summed E-state index contributed by atoms with van der Waals surface area (Å²) in [6.07, 6.45) is 4.06. The van der Waals surface area contributed by atoms with Crippen molar-refractivity contribution in [1.29, 1.82) is 0 Å². The molecule has 2 aromatic rings. The Hall–Kier alpha value is -1.33. The molecule has 0 saturated carbocycles. The zero-order valence-corrected chi connectivity index (χ0v) is 17.9. The van der Waals surface area contributed by atoms with Gasteiger partial charge in [0.25, 0.3) is 0 Å². The van der Waals surface area contributed by atoms with Crippen LogP contribution in [0.1, 0.15) is 11.1 Å². The molecular formula is C16H26IN5O2S. The van der Waals surface area contributed by atoms with Crippen LogP contribution in [-0.4, -0.2) is 52.3 Å². The van der Waals surface area contributed by atoms with E-state index in [9.17, 15) is 8.42 Å². The van der Waals surface area contributed by atoms with Crippen molar-refractivity contribution in [2.75, 3.05) is 32.9 Å². The van der Waals surface area contributed by atoms with Gasteiger partial charge in [0.1, 0.15) is 0 Å². The summed E-state index contributed by atoms with van der Waals surface area (Å²) in [6, 6.07) is 6.24. The second-order valence-corrected chi connectivity index (χ2v) is 7.49. The van der Waals surface area contributed by atoms with Crippen LogP contribution in [0.15, 0.2) is 29.4 Å². The Kier molecular flexibility index (Phi) is 8.66. The Morgan fingerprint density at radius 3 is 2.60 bits per heavy atom. The Morgan fingerprint density at radius 1 is 1.20 bits per heavy atom. The molecule has 1 aromatic heterocycles. The van der Waals surface area contributed by atoms with E-state index in [1.807, 2.05) is 12.3 Å². The zero-order valence-electron chi connectivity index (χ0n) is 14.7. The van der Waals surface area contributed by atoms with E-state index in [1.165, 1.54) is 16.5 Å². The van der Waals surface area contributed by atoms with Gasteiger partial charge >= 0.3 is 0 Å². The monoisotopic (exact) mass is 479 g/mol. The third kappa shape index (κ3) is 6.83. The molecule has 0 radical (unpaired) electrons. The molecule has 25 heavy (non-hydrogen) atoms. The van der Waals surface area contributed by atoms with Gasteiger partial charge < -0.3 is 15.6 Å². The van der Waals surface area contributed by atoms with Crippen molar-refractivity contribution in [3.63, 3.8) is 0 Å². The Bertz CT molecular complexity index is 817. The molecular weight excluding hydrogens is 453 g/mol. The van der Waals surface area contributed by atoms with Crippen LogP contribution >= 0.6 is 24.0 Å². The molecule has 0 bridgehead atoms. The van der Waals surface area contributed by atoms with Gasteiger partial charge in [-0.15, -0.1) is 24.0 Å². The van der Waals surface area contributed by atoms with Gasteiger partial charge in [0.15, 0.2) is 5.96 Å². The lowest BCUT2D eigenvalue weighted by molar-refractivity contribution is 0.586. The molecule has 0 spiro atoms. The maximum Gasteiger partial charge on any atom is 0.208 e. The summed E-state index contributed by atoms with van der Waals surface area (Å²) in [7, 11) is -1.46. The summed E-state index contributed by atoms with van der Waals surface area (Å²) < 4.78 is 24.4. The van der Waals surface area contributed by atoms with E-state index in [2.05, 4.69) is 44.4 Å². The minimum Gasteiger partial charge on any atom is -0.361 e. The molecule has 0 aliphatic rings. The van der Waals surface area contributed by atoms with Crippen LogP contribution in [0.5, 0.6) is 0 Å². The molecule has 7 nitrogen and oxygen atoms in total. The third-order valence-corrected chi connectivity index (χ3v) is 4.42. The lowest BCUT2D eigenvalue weighted by Crippen LogP contribution is -2.42. The largest absolute Gasteiger partial charge is 0.361 e. The predicted molar refractivity (Wildman–Crippen MR) is 114 cm³/mol. The first-order valence-electron chi connectivity index (χ1n) is 7.85. The standard InChI is InChI=1S/C16H25N5O2S.HI/c1-12-5-4-6-14-15(12)13(11-20-14)7-8-18-16(17-2)19-9-10-21-24(3,22)23;/h4-6,11,20-21H,7-10H2,1-3H3,(H2,17,18,19);1H. The molecule has 0 aliphatic carbocycles. The fourth-order valence-electron chi connectivity index (χ4n) is 2.60. The predicted octanol–water partition coefficient (Wildman–Crippen LogP) is 1.35. The number of sulfonamides is 1. The molecule has 0 atom stereocenters. The van der Waals surface area contributed by atoms with Crippen molar-refractivity contribution in [3.8, 4) is 0 Å². The molecule has 140 valence electrons. The average molecular weight is 479 g/mol. The molecule has 1 aromatic carbocycles. The molecule has 0 fully saturated rings. The average Bonchev–Trinajstić information content (AvgIpc) is 2.93. The van der Waals surface area contributed by atoms with Crippen LogP contribution < -0.4 is 15.4 Å². The fourth-order valence-corrected chi connectivity index (χ4v) is 3.07. The second-order valence-electron chi connectivity index (χ2n) is 5.65. The number of nitrogens with zero attached hydrogens (tertiary/aromatic N) is 1. The van der Waals surface area contributed by atoms with Crippen LogP contribution in [-0.2, 0) is 16.4 Å². The quantitative estimate of drug-likeness (QED) is 0.209. The molecule has 0 saturated heterocycles. The number of aryl methyl sites for hydroxylation is 1. The Labute approximate surface area is 166 Å². The van der Waals surface area contributed by atoms with E-state index in [1.54, 1.807) is 7.05 Å². The summed E-state index contributed by atoms with van der Waals surface area (Å²) in [4.78, 5) is 7.43. The highest BCUT2D eigenvalue weighted by Gasteiger charge is 2.06. The highest BCUT2D eigenvalue weighted by molar-refractivity contribution is 14.0. The highest BCUT2D eigenvalue weighted by atomic mass is 127. The Balaban J connectivity index is 0.00000312. The maximum atomic E-state index is 11.0. The van der Waals surface area contributed by atoms with Crippen molar-refractivity contribution >= 4 is 50.9 Å².